The van der Waals surface area contributed by atoms with Crippen LogP contribution in [0, 0.1) is 0 Å². The van der Waals surface area contributed by atoms with Crippen LogP contribution in [0.15, 0.2) is 30.3 Å². The molecule has 1 unspecified atom stereocenters. The number of amides is 1. The Morgan fingerprint density at radius 2 is 2.21 bits per heavy atom. The fraction of sp³-hybridized carbons (Fsp3) is 0.533. The topological polar surface area (TPSA) is 44.4 Å². The van der Waals surface area contributed by atoms with Crippen molar-refractivity contribution >= 4 is 5.91 Å². The quantitative estimate of drug-likeness (QED) is 0.817. The first-order valence-corrected chi connectivity index (χ1v) is 7.01. The first kappa shape index (κ1) is 14.0. The summed E-state index contributed by atoms with van der Waals surface area (Å²) in [4.78, 5) is 14.1. The van der Waals surface area contributed by atoms with Gasteiger partial charge >= 0.3 is 0 Å². The fourth-order valence-corrected chi connectivity index (χ4v) is 2.35. The molecule has 1 saturated heterocycles. The Hall–Kier alpha value is -1.39. The summed E-state index contributed by atoms with van der Waals surface area (Å²) in [5.74, 6) is 0.129. The molecule has 1 aliphatic rings. The van der Waals surface area contributed by atoms with E-state index in [-0.39, 0.29) is 5.91 Å². The minimum absolute atomic E-state index is 0.129. The summed E-state index contributed by atoms with van der Waals surface area (Å²) >= 11 is 0. The minimum atomic E-state index is 0.129. The maximum absolute atomic E-state index is 11.9. The highest BCUT2D eigenvalue weighted by Gasteiger charge is 2.19. The number of nitrogens with zero attached hydrogens (tertiary/aromatic N) is 1. The van der Waals surface area contributed by atoms with Crippen molar-refractivity contribution in [3.8, 4) is 0 Å². The Morgan fingerprint density at radius 1 is 1.42 bits per heavy atom. The summed E-state index contributed by atoms with van der Waals surface area (Å²) in [6, 6.07) is 10.7. The first-order chi connectivity index (χ1) is 9.25. The van der Waals surface area contributed by atoms with Crippen LogP contribution in [-0.4, -0.2) is 49.6 Å². The lowest BCUT2D eigenvalue weighted by Crippen LogP contribution is -2.52. The van der Waals surface area contributed by atoms with E-state index in [1.54, 1.807) is 0 Å². The average Bonchev–Trinajstić information content (AvgIpc) is 2.43. The molecule has 1 aliphatic heterocycles. The van der Waals surface area contributed by atoms with Crippen LogP contribution in [0.5, 0.6) is 0 Å². The van der Waals surface area contributed by atoms with Crippen LogP contribution in [0.2, 0.25) is 0 Å². The van der Waals surface area contributed by atoms with Crippen molar-refractivity contribution in [2.24, 2.45) is 0 Å². The van der Waals surface area contributed by atoms with E-state index in [9.17, 15) is 4.79 Å². The number of benzene rings is 1. The van der Waals surface area contributed by atoms with Crippen LogP contribution >= 0.6 is 0 Å². The van der Waals surface area contributed by atoms with E-state index in [2.05, 4.69) is 34.6 Å². The minimum Gasteiger partial charge on any atom is -0.355 e. The molecule has 4 nitrogen and oxygen atoms in total. The van der Waals surface area contributed by atoms with Gasteiger partial charge in [0.25, 0.3) is 0 Å². The van der Waals surface area contributed by atoms with E-state index in [1.807, 2.05) is 18.2 Å². The summed E-state index contributed by atoms with van der Waals surface area (Å²) in [5.41, 5.74) is 1.26. The zero-order valence-corrected chi connectivity index (χ0v) is 11.6. The highest BCUT2D eigenvalue weighted by Crippen LogP contribution is 2.01. The van der Waals surface area contributed by atoms with Gasteiger partial charge in [0.05, 0.1) is 6.54 Å². The Labute approximate surface area is 115 Å². The molecule has 0 radical (unpaired) electrons. The van der Waals surface area contributed by atoms with Crippen molar-refractivity contribution in [1.82, 2.24) is 15.5 Å². The normalized spacial score (nSPS) is 20.2. The summed E-state index contributed by atoms with van der Waals surface area (Å²) in [7, 11) is 0. The van der Waals surface area contributed by atoms with Gasteiger partial charge in [0, 0.05) is 32.2 Å². The number of carbonyl (C=O) groups excluding carboxylic acids is 1. The second kappa shape index (κ2) is 7.26. The van der Waals surface area contributed by atoms with Gasteiger partial charge in [-0.3, -0.25) is 9.69 Å². The molecule has 104 valence electrons. The molecule has 0 bridgehead atoms. The molecule has 19 heavy (non-hydrogen) atoms. The maximum atomic E-state index is 11.9. The van der Waals surface area contributed by atoms with Gasteiger partial charge in [0.15, 0.2) is 0 Å². The Bertz CT molecular complexity index is 394. The third kappa shape index (κ3) is 4.65. The number of piperazine rings is 1. The number of rotatable bonds is 5. The molecule has 2 N–H and O–H groups in total. The Kier molecular flexibility index (Phi) is 5.36. The standard InChI is InChI=1S/C15H23N3O/c1-13-11-16-9-10-18(13)12-15(19)17-8-7-14-5-3-2-4-6-14/h2-6,13,16H,7-12H2,1H3,(H,17,19). The van der Waals surface area contributed by atoms with Gasteiger partial charge in [0.1, 0.15) is 0 Å². The van der Waals surface area contributed by atoms with Crippen molar-refractivity contribution in [2.45, 2.75) is 19.4 Å². The van der Waals surface area contributed by atoms with Gasteiger partial charge < -0.3 is 10.6 Å². The van der Waals surface area contributed by atoms with Crippen LogP contribution in [0.4, 0.5) is 0 Å². The lowest BCUT2D eigenvalue weighted by atomic mass is 10.1. The van der Waals surface area contributed by atoms with E-state index < -0.39 is 0 Å². The SMILES string of the molecule is CC1CNCCN1CC(=O)NCCc1ccccc1. The number of carbonyl (C=O) groups is 1. The second-order valence-corrected chi connectivity index (χ2v) is 5.11. The van der Waals surface area contributed by atoms with Crippen LogP contribution < -0.4 is 10.6 Å². The molecule has 1 fully saturated rings. The second-order valence-electron chi connectivity index (χ2n) is 5.11. The zero-order chi connectivity index (χ0) is 13.5. The summed E-state index contributed by atoms with van der Waals surface area (Å²) in [6.45, 7) is 6.27. The van der Waals surface area contributed by atoms with Gasteiger partial charge in [-0.2, -0.15) is 0 Å². The van der Waals surface area contributed by atoms with Gasteiger partial charge in [-0.15, -0.1) is 0 Å². The Morgan fingerprint density at radius 3 is 2.95 bits per heavy atom. The third-order valence-electron chi connectivity index (χ3n) is 3.56. The van der Waals surface area contributed by atoms with Crippen LogP contribution in [0.3, 0.4) is 0 Å². The van der Waals surface area contributed by atoms with Gasteiger partial charge in [0.2, 0.25) is 5.91 Å². The molecule has 0 spiro atoms. The van der Waals surface area contributed by atoms with Crippen LogP contribution in [0.1, 0.15) is 12.5 Å². The average molecular weight is 261 g/mol. The molecule has 4 heteroatoms. The van der Waals surface area contributed by atoms with E-state index in [0.29, 0.717) is 19.1 Å². The van der Waals surface area contributed by atoms with Crippen LogP contribution in [0.25, 0.3) is 0 Å². The number of hydrogen-bond acceptors (Lipinski definition) is 3. The van der Waals surface area contributed by atoms with Crippen molar-refractivity contribution in [2.75, 3.05) is 32.7 Å². The largest absolute Gasteiger partial charge is 0.355 e. The zero-order valence-electron chi connectivity index (χ0n) is 11.6. The predicted molar refractivity (Wildman–Crippen MR) is 77.1 cm³/mol. The molecule has 0 saturated carbocycles. The summed E-state index contributed by atoms with van der Waals surface area (Å²) in [5, 5.41) is 6.33. The van der Waals surface area contributed by atoms with Crippen molar-refractivity contribution in [3.05, 3.63) is 35.9 Å². The molecule has 0 aromatic heterocycles. The molecular formula is C15H23N3O. The summed E-state index contributed by atoms with van der Waals surface area (Å²) in [6.07, 6.45) is 0.893. The lowest BCUT2D eigenvalue weighted by Gasteiger charge is -2.33. The van der Waals surface area contributed by atoms with Gasteiger partial charge in [-0.1, -0.05) is 30.3 Å². The van der Waals surface area contributed by atoms with E-state index in [1.165, 1.54) is 5.56 Å². The molecule has 1 atom stereocenters. The van der Waals surface area contributed by atoms with Gasteiger partial charge in [-0.25, -0.2) is 0 Å². The molecule has 1 aromatic carbocycles. The Balaban J connectivity index is 1.67. The van der Waals surface area contributed by atoms with Crippen molar-refractivity contribution in [3.63, 3.8) is 0 Å². The maximum Gasteiger partial charge on any atom is 0.234 e. The third-order valence-corrected chi connectivity index (χ3v) is 3.56. The molecule has 2 rings (SSSR count). The monoisotopic (exact) mass is 261 g/mol. The molecule has 1 amide bonds. The van der Waals surface area contributed by atoms with Gasteiger partial charge in [-0.05, 0) is 18.9 Å². The van der Waals surface area contributed by atoms with Crippen LogP contribution in [-0.2, 0) is 11.2 Å². The molecule has 1 aromatic rings. The highest BCUT2D eigenvalue weighted by molar-refractivity contribution is 5.78. The highest BCUT2D eigenvalue weighted by atomic mass is 16.2. The van der Waals surface area contributed by atoms with E-state index >= 15 is 0 Å². The van der Waals surface area contributed by atoms with E-state index in [4.69, 9.17) is 0 Å². The fourth-order valence-electron chi connectivity index (χ4n) is 2.35. The molecule has 1 heterocycles. The summed E-state index contributed by atoms with van der Waals surface area (Å²) < 4.78 is 0. The number of hydrogen-bond donors (Lipinski definition) is 2. The predicted octanol–water partition coefficient (Wildman–Crippen LogP) is 0.639. The molecule has 0 aliphatic carbocycles. The smallest absolute Gasteiger partial charge is 0.234 e. The van der Waals surface area contributed by atoms with Crippen molar-refractivity contribution < 1.29 is 4.79 Å². The first-order valence-electron chi connectivity index (χ1n) is 7.01. The molecular weight excluding hydrogens is 238 g/mol. The number of nitrogens with one attached hydrogen (secondary N) is 2. The van der Waals surface area contributed by atoms with Crippen molar-refractivity contribution in [1.29, 1.82) is 0 Å². The van der Waals surface area contributed by atoms with E-state index in [0.717, 1.165) is 26.1 Å². The lowest BCUT2D eigenvalue weighted by molar-refractivity contribution is -0.122.